The number of aryl methyl sites for hydroxylation is 1. The zero-order chi connectivity index (χ0) is 18.5. The molecule has 2 aromatic carbocycles. The summed E-state index contributed by atoms with van der Waals surface area (Å²) < 4.78 is 10.8. The number of rotatable bonds is 6. The van der Waals surface area contributed by atoms with Crippen molar-refractivity contribution in [3.63, 3.8) is 0 Å². The van der Waals surface area contributed by atoms with Crippen LogP contribution in [0, 0.1) is 6.92 Å². The maximum Gasteiger partial charge on any atom is 0.338 e. The Balaban J connectivity index is 1.61. The first-order valence-electron chi connectivity index (χ1n) is 8.29. The van der Waals surface area contributed by atoms with Crippen molar-refractivity contribution in [1.29, 1.82) is 0 Å². The number of carbonyl (C=O) groups is 1. The third-order valence-corrected chi connectivity index (χ3v) is 4.61. The highest BCUT2D eigenvalue weighted by molar-refractivity contribution is 7.15. The van der Waals surface area contributed by atoms with Crippen molar-refractivity contribution in [1.82, 2.24) is 4.98 Å². The van der Waals surface area contributed by atoms with Crippen molar-refractivity contribution < 1.29 is 14.3 Å². The van der Waals surface area contributed by atoms with Crippen molar-refractivity contribution in [3.8, 4) is 17.0 Å². The van der Waals surface area contributed by atoms with Gasteiger partial charge in [-0.3, -0.25) is 0 Å². The molecule has 0 bridgehead atoms. The fourth-order valence-corrected chi connectivity index (χ4v) is 3.22. The number of nitrogen functional groups attached to an aromatic ring is 1. The lowest BCUT2D eigenvalue weighted by Crippen LogP contribution is -2.04. The number of carbonyl (C=O) groups excluding carboxylic acids is 1. The van der Waals surface area contributed by atoms with Crippen LogP contribution in [0.4, 0.5) is 5.13 Å². The van der Waals surface area contributed by atoms with Gasteiger partial charge in [0.05, 0.1) is 17.9 Å². The molecule has 5 nitrogen and oxygen atoms in total. The molecule has 26 heavy (non-hydrogen) atoms. The van der Waals surface area contributed by atoms with Crippen LogP contribution in [0.25, 0.3) is 11.3 Å². The summed E-state index contributed by atoms with van der Waals surface area (Å²) in [5, 5.41) is 0.573. The van der Waals surface area contributed by atoms with Crippen LogP contribution < -0.4 is 10.5 Å². The van der Waals surface area contributed by atoms with E-state index in [0.29, 0.717) is 23.9 Å². The van der Waals surface area contributed by atoms with E-state index in [1.165, 1.54) is 11.3 Å². The second-order valence-electron chi connectivity index (χ2n) is 5.69. The molecule has 1 aromatic heterocycles. The van der Waals surface area contributed by atoms with Gasteiger partial charge in [-0.2, -0.15) is 0 Å². The number of aromatic nitrogens is 1. The van der Waals surface area contributed by atoms with E-state index in [9.17, 15) is 4.79 Å². The lowest BCUT2D eigenvalue weighted by molar-refractivity contribution is 0.0526. The molecule has 3 rings (SSSR count). The first kappa shape index (κ1) is 17.9. The molecular weight excluding hydrogens is 348 g/mol. The third-order valence-electron chi connectivity index (χ3n) is 3.81. The molecule has 0 unspecified atom stereocenters. The molecule has 0 fully saturated rings. The number of hydrogen-bond acceptors (Lipinski definition) is 6. The van der Waals surface area contributed by atoms with Crippen molar-refractivity contribution in [2.24, 2.45) is 0 Å². The Morgan fingerprint density at radius 2 is 1.81 bits per heavy atom. The Labute approximate surface area is 156 Å². The van der Waals surface area contributed by atoms with E-state index in [1.807, 2.05) is 43.3 Å². The normalized spacial score (nSPS) is 10.5. The van der Waals surface area contributed by atoms with Crippen LogP contribution >= 0.6 is 11.3 Å². The van der Waals surface area contributed by atoms with E-state index < -0.39 is 0 Å². The summed E-state index contributed by atoms with van der Waals surface area (Å²) in [7, 11) is 0. The zero-order valence-corrected chi connectivity index (χ0v) is 15.5. The van der Waals surface area contributed by atoms with Gasteiger partial charge in [-0.25, -0.2) is 9.78 Å². The Morgan fingerprint density at radius 3 is 2.38 bits per heavy atom. The minimum absolute atomic E-state index is 0.312. The molecule has 0 saturated heterocycles. The molecule has 0 aliphatic rings. The second kappa shape index (κ2) is 8.01. The Bertz CT molecular complexity index is 886. The maximum absolute atomic E-state index is 11.6. The quantitative estimate of drug-likeness (QED) is 0.650. The van der Waals surface area contributed by atoms with Crippen LogP contribution in [-0.2, 0) is 11.3 Å². The number of hydrogen-bond donors (Lipinski definition) is 1. The van der Waals surface area contributed by atoms with Gasteiger partial charge in [-0.1, -0.05) is 12.1 Å². The first-order chi connectivity index (χ1) is 12.6. The molecule has 0 radical (unpaired) electrons. The fraction of sp³-hybridized carbons (Fsp3) is 0.200. The smallest absolute Gasteiger partial charge is 0.338 e. The van der Waals surface area contributed by atoms with Crippen LogP contribution in [0.15, 0.2) is 48.5 Å². The van der Waals surface area contributed by atoms with E-state index >= 15 is 0 Å². The minimum Gasteiger partial charge on any atom is -0.489 e. The summed E-state index contributed by atoms with van der Waals surface area (Å²) in [6.07, 6.45) is 0. The lowest BCUT2D eigenvalue weighted by atomic mass is 10.1. The molecule has 1 heterocycles. The van der Waals surface area contributed by atoms with Gasteiger partial charge >= 0.3 is 5.97 Å². The Kier molecular flexibility index (Phi) is 5.53. The summed E-state index contributed by atoms with van der Waals surface area (Å²) in [5.41, 5.74) is 9.20. The van der Waals surface area contributed by atoms with Crippen molar-refractivity contribution in [2.45, 2.75) is 20.5 Å². The van der Waals surface area contributed by atoms with Gasteiger partial charge in [0.1, 0.15) is 12.4 Å². The van der Waals surface area contributed by atoms with Crippen molar-refractivity contribution >= 4 is 22.4 Å². The van der Waals surface area contributed by atoms with Crippen molar-refractivity contribution in [2.75, 3.05) is 12.3 Å². The van der Waals surface area contributed by atoms with Gasteiger partial charge < -0.3 is 15.2 Å². The number of nitrogens with two attached hydrogens (primary N) is 1. The topological polar surface area (TPSA) is 74.4 Å². The standard InChI is InChI=1S/C20H20N2O3S/c1-3-24-19(23)16-6-4-14(5-7-16)12-25-17-10-8-15(9-11-17)18-13(2)26-20(21)22-18/h4-11H,3,12H2,1-2H3,(H2,21,22). The van der Waals surface area contributed by atoms with Gasteiger partial charge in [0.2, 0.25) is 0 Å². The van der Waals surface area contributed by atoms with Crippen LogP contribution in [0.1, 0.15) is 27.7 Å². The van der Waals surface area contributed by atoms with Gasteiger partial charge in [0.15, 0.2) is 5.13 Å². The molecule has 0 aliphatic carbocycles. The highest BCUT2D eigenvalue weighted by Gasteiger charge is 2.09. The monoisotopic (exact) mass is 368 g/mol. The maximum atomic E-state index is 11.6. The molecule has 134 valence electrons. The number of nitrogens with zero attached hydrogens (tertiary/aromatic N) is 1. The average Bonchev–Trinajstić information content (AvgIpc) is 2.99. The van der Waals surface area contributed by atoms with E-state index in [0.717, 1.165) is 27.4 Å². The van der Waals surface area contributed by atoms with Gasteiger partial charge in [0.25, 0.3) is 0 Å². The molecule has 2 N–H and O–H groups in total. The molecule has 6 heteroatoms. The third kappa shape index (κ3) is 4.21. The van der Waals surface area contributed by atoms with Crippen molar-refractivity contribution in [3.05, 3.63) is 64.5 Å². The predicted octanol–water partition coefficient (Wildman–Crippen LogP) is 4.46. The molecule has 0 spiro atoms. The highest BCUT2D eigenvalue weighted by atomic mass is 32.1. The van der Waals surface area contributed by atoms with Crippen LogP contribution in [-0.4, -0.2) is 17.6 Å². The average molecular weight is 368 g/mol. The number of thiazole rings is 1. The highest BCUT2D eigenvalue weighted by Crippen LogP contribution is 2.29. The van der Waals surface area contributed by atoms with E-state index in [1.54, 1.807) is 19.1 Å². The lowest BCUT2D eigenvalue weighted by Gasteiger charge is -2.08. The van der Waals surface area contributed by atoms with Gasteiger partial charge in [-0.05, 0) is 55.8 Å². The largest absolute Gasteiger partial charge is 0.489 e. The minimum atomic E-state index is -0.312. The summed E-state index contributed by atoms with van der Waals surface area (Å²) in [5.74, 6) is 0.456. The predicted molar refractivity (Wildman–Crippen MR) is 103 cm³/mol. The number of ether oxygens (including phenoxy) is 2. The molecular formula is C20H20N2O3S. The molecule has 0 amide bonds. The fourth-order valence-electron chi connectivity index (χ4n) is 2.51. The summed E-state index contributed by atoms with van der Waals surface area (Å²) in [6.45, 7) is 4.58. The van der Waals surface area contributed by atoms with E-state index in [4.69, 9.17) is 15.2 Å². The van der Waals surface area contributed by atoms with E-state index in [2.05, 4.69) is 4.98 Å². The Hall–Kier alpha value is -2.86. The summed E-state index contributed by atoms with van der Waals surface area (Å²) in [6, 6.07) is 15.0. The zero-order valence-electron chi connectivity index (χ0n) is 14.7. The number of esters is 1. The molecule has 0 aliphatic heterocycles. The second-order valence-corrected chi connectivity index (χ2v) is 6.92. The summed E-state index contributed by atoms with van der Waals surface area (Å²) in [4.78, 5) is 17.1. The van der Waals surface area contributed by atoms with E-state index in [-0.39, 0.29) is 5.97 Å². The molecule has 3 aromatic rings. The first-order valence-corrected chi connectivity index (χ1v) is 9.10. The van der Waals surface area contributed by atoms with Crippen LogP contribution in [0.3, 0.4) is 0 Å². The molecule has 0 saturated carbocycles. The SMILES string of the molecule is CCOC(=O)c1ccc(COc2ccc(-c3nc(N)sc3C)cc2)cc1. The van der Waals surface area contributed by atoms with Gasteiger partial charge in [-0.15, -0.1) is 11.3 Å². The number of anilines is 1. The van der Waals surface area contributed by atoms with Crippen LogP contribution in [0.2, 0.25) is 0 Å². The number of benzene rings is 2. The summed E-state index contributed by atoms with van der Waals surface area (Å²) >= 11 is 1.48. The van der Waals surface area contributed by atoms with Gasteiger partial charge in [0, 0.05) is 10.4 Å². The molecule has 0 atom stereocenters. The Morgan fingerprint density at radius 1 is 1.12 bits per heavy atom. The van der Waals surface area contributed by atoms with Crippen LogP contribution in [0.5, 0.6) is 5.75 Å².